The highest BCUT2D eigenvalue weighted by molar-refractivity contribution is 5.71. The highest BCUT2D eigenvalue weighted by Crippen LogP contribution is 2.13. The van der Waals surface area contributed by atoms with Crippen LogP contribution in [0.2, 0.25) is 0 Å². The van der Waals surface area contributed by atoms with Crippen LogP contribution in [0.25, 0.3) is 0 Å². The summed E-state index contributed by atoms with van der Waals surface area (Å²) in [5.74, 6) is 0.371. The van der Waals surface area contributed by atoms with Crippen molar-refractivity contribution in [2.45, 2.75) is 13.5 Å². The van der Waals surface area contributed by atoms with E-state index in [1.807, 2.05) is 31.2 Å². The van der Waals surface area contributed by atoms with Crippen molar-refractivity contribution in [3.8, 4) is 5.75 Å². The number of esters is 1. The monoisotopic (exact) mass is 209 g/mol. The number of hydrogen-bond donors (Lipinski definition) is 1. The lowest BCUT2D eigenvalue weighted by molar-refractivity contribution is -0.143. The summed E-state index contributed by atoms with van der Waals surface area (Å²) in [6, 6.07) is 7.42. The van der Waals surface area contributed by atoms with Crippen molar-refractivity contribution in [1.82, 2.24) is 0 Å². The maximum atomic E-state index is 10.8. The molecule has 0 heterocycles. The van der Waals surface area contributed by atoms with Crippen molar-refractivity contribution < 1.29 is 14.3 Å². The number of carbonyl (C=O) groups is 1. The van der Waals surface area contributed by atoms with E-state index >= 15 is 0 Å². The third-order valence-electron chi connectivity index (χ3n) is 1.78. The zero-order valence-electron chi connectivity index (χ0n) is 8.73. The first-order valence-corrected chi connectivity index (χ1v) is 4.83. The molecule has 4 nitrogen and oxygen atoms in total. The molecule has 1 aromatic rings. The lowest BCUT2D eigenvalue weighted by Gasteiger charge is -2.06. The van der Waals surface area contributed by atoms with Gasteiger partial charge >= 0.3 is 5.97 Å². The Balaban J connectivity index is 2.53. The standard InChI is InChI=1S/C11H15NO3/c1-2-14-10-5-3-4-9(6-10)8-15-11(13)7-12/h3-6H,2,7-8,12H2,1H3. The topological polar surface area (TPSA) is 61.5 Å². The summed E-state index contributed by atoms with van der Waals surface area (Å²) in [5, 5.41) is 0. The molecular formula is C11H15NO3. The quantitative estimate of drug-likeness (QED) is 0.737. The summed E-state index contributed by atoms with van der Waals surface area (Å²) in [4.78, 5) is 10.8. The molecule has 0 atom stereocenters. The van der Waals surface area contributed by atoms with Gasteiger partial charge in [0.25, 0.3) is 0 Å². The predicted octanol–water partition coefficient (Wildman–Crippen LogP) is 1.09. The summed E-state index contributed by atoms with van der Waals surface area (Å²) in [7, 11) is 0. The van der Waals surface area contributed by atoms with E-state index in [0.29, 0.717) is 6.61 Å². The third-order valence-corrected chi connectivity index (χ3v) is 1.78. The van der Waals surface area contributed by atoms with Crippen molar-refractivity contribution in [2.75, 3.05) is 13.2 Å². The molecule has 0 saturated heterocycles. The van der Waals surface area contributed by atoms with E-state index in [2.05, 4.69) is 0 Å². The van der Waals surface area contributed by atoms with Crippen molar-refractivity contribution in [3.05, 3.63) is 29.8 Å². The zero-order valence-corrected chi connectivity index (χ0v) is 8.73. The Morgan fingerprint density at radius 2 is 2.27 bits per heavy atom. The van der Waals surface area contributed by atoms with Gasteiger partial charge in [-0.05, 0) is 24.6 Å². The number of ether oxygens (including phenoxy) is 2. The Bertz CT molecular complexity index is 325. The number of rotatable bonds is 5. The fraction of sp³-hybridized carbons (Fsp3) is 0.364. The van der Waals surface area contributed by atoms with Gasteiger partial charge in [0.05, 0.1) is 13.2 Å². The third kappa shape index (κ3) is 3.99. The van der Waals surface area contributed by atoms with E-state index in [9.17, 15) is 4.79 Å². The molecule has 0 fully saturated rings. The predicted molar refractivity (Wildman–Crippen MR) is 56.5 cm³/mol. The number of benzene rings is 1. The van der Waals surface area contributed by atoms with Gasteiger partial charge in [0.2, 0.25) is 0 Å². The summed E-state index contributed by atoms with van der Waals surface area (Å²) < 4.78 is 10.2. The van der Waals surface area contributed by atoms with Crippen LogP contribution in [0.4, 0.5) is 0 Å². The molecule has 4 heteroatoms. The smallest absolute Gasteiger partial charge is 0.320 e. The molecular weight excluding hydrogens is 194 g/mol. The average molecular weight is 209 g/mol. The van der Waals surface area contributed by atoms with E-state index in [4.69, 9.17) is 15.2 Å². The van der Waals surface area contributed by atoms with Gasteiger partial charge in [0.1, 0.15) is 12.4 Å². The molecule has 0 radical (unpaired) electrons. The van der Waals surface area contributed by atoms with Crippen LogP contribution < -0.4 is 10.5 Å². The largest absolute Gasteiger partial charge is 0.494 e. The zero-order chi connectivity index (χ0) is 11.1. The summed E-state index contributed by atoms with van der Waals surface area (Å²) in [5.41, 5.74) is 6.01. The van der Waals surface area contributed by atoms with Gasteiger partial charge in [-0.25, -0.2) is 0 Å². The molecule has 2 N–H and O–H groups in total. The summed E-state index contributed by atoms with van der Waals surface area (Å²) in [6.45, 7) is 2.68. The first kappa shape index (κ1) is 11.5. The Morgan fingerprint density at radius 3 is 2.93 bits per heavy atom. The normalized spacial score (nSPS) is 9.73. The number of hydrogen-bond acceptors (Lipinski definition) is 4. The van der Waals surface area contributed by atoms with Crippen LogP contribution in [-0.4, -0.2) is 19.1 Å². The van der Waals surface area contributed by atoms with E-state index in [0.717, 1.165) is 11.3 Å². The van der Waals surface area contributed by atoms with Crippen molar-refractivity contribution in [1.29, 1.82) is 0 Å². The Morgan fingerprint density at radius 1 is 1.47 bits per heavy atom. The number of carbonyl (C=O) groups excluding carboxylic acids is 1. The Hall–Kier alpha value is -1.55. The van der Waals surface area contributed by atoms with Crippen LogP contribution in [0.5, 0.6) is 5.75 Å². The first-order valence-electron chi connectivity index (χ1n) is 4.83. The molecule has 0 aromatic heterocycles. The second-order valence-electron chi connectivity index (χ2n) is 2.95. The average Bonchev–Trinajstić information content (AvgIpc) is 2.27. The van der Waals surface area contributed by atoms with E-state index in [-0.39, 0.29) is 13.2 Å². The van der Waals surface area contributed by atoms with Gasteiger partial charge in [0, 0.05) is 0 Å². The molecule has 0 aliphatic heterocycles. The lowest BCUT2D eigenvalue weighted by atomic mass is 10.2. The van der Waals surface area contributed by atoms with Gasteiger partial charge in [-0.3, -0.25) is 4.79 Å². The van der Waals surface area contributed by atoms with Crippen LogP contribution in [0.1, 0.15) is 12.5 Å². The lowest BCUT2D eigenvalue weighted by Crippen LogP contribution is -2.16. The SMILES string of the molecule is CCOc1cccc(COC(=O)CN)c1. The van der Waals surface area contributed by atoms with Crippen LogP contribution >= 0.6 is 0 Å². The van der Waals surface area contributed by atoms with Gasteiger partial charge in [-0.2, -0.15) is 0 Å². The molecule has 15 heavy (non-hydrogen) atoms. The molecule has 0 amide bonds. The van der Waals surface area contributed by atoms with Gasteiger partial charge in [-0.15, -0.1) is 0 Å². The molecule has 0 aliphatic carbocycles. The molecule has 0 bridgehead atoms. The van der Waals surface area contributed by atoms with Gasteiger partial charge in [0.15, 0.2) is 0 Å². The second kappa shape index (κ2) is 6.03. The molecule has 82 valence electrons. The highest BCUT2D eigenvalue weighted by Gasteiger charge is 2.00. The maximum Gasteiger partial charge on any atom is 0.320 e. The first-order chi connectivity index (χ1) is 7.26. The fourth-order valence-corrected chi connectivity index (χ4v) is 1.11. The van der Waals surface area contributed by atoms with Crippen molar-refractivity contribution in [3.63, 3.8) is 0 Å². The number of nitrogens with two attached hydrogens (primary N) is 1. The van der Waals surface area contributed by atoms with Gasteiger partial charge < -0.3 is 15.2 Å². The summed E-state index contributed by atoms with van der Waals surface area (Å²) in [6.07, 6.45) is 0. The molecule has 0 aliphatic rings. The molecule has 1 rings (SSSR count). The van der Waals surface area contributed by atoms with Crippen molar-refractivity contribution in [2.24, 2.45) is 5.73 Å². The molecule has 1 aromatic carbocycles. The molecule has 0 spiro atoms. The molecule has 0 saturated carbocycles. The minimum atomic E-state index is -0.406. The van der Waals surface area contributed by atoms with Crippen LogP contribution in [-0.2, 0) is 16.1 Å². The maximum absolute atomic E-state index is 10.8. The molecule has 0 unspecified atom stereocenters. The highest BCUT2D eigenvalue weighted by atomic mass is 16.5. The van der Waals surface area contributed by atoms with Crippen LogP contribution in [0.3, 0.4) is 0 Å². The van der Waals surface area contributed by atoms with E-state index in [1.54, 1.807) is 0 Å². The minimum Gasteiger partial charge on any atom is -0.494 e. The van der Waals surface area contributed by atoms with E-state index < -0.39 is 5.97 Å². The minimum absolute atomic E-state index is 0.0921. The van der Waals surface area contributed by atoms with Crippen molar-refractivity contribution >= 4 is 5.97 Å². The van der Waals surface area contributed by atoms with Crippen LogP contribution in [0, 0.1) is 0 Å². The van der Waals surface area contributed by atoms with E-state index in [1.165, 1.54) is 0 Å². The summed E-state index contributed by atoms with van der Waals surface area (Å²) >= 11 is 0. The second-order valence-corrected chi connectivity index (χ2v) is 2.95. The Labute approximate surface area is 89.0 Å². The fourth-order valence-electron chi connectivity index (χ4n) is 1.11. The van der Waals surface area contributed by atoms with Gasteiger partial charge in [-0.1, -0.05) is 12.1 Å². The Kier molecular flexibility index (Phi) is 4.63. The van der Waals surface area contributed by atoms with Crippen LogP contribution in [0.15, 0.2) is 24.3 Å².